The predicted molar refractivity (Wildman–Crippen MR) is 307 cm³/mol. The van der Waals surface area contributed by atoms with Gasteiger partial charge in [0.25, 0.3) is 0 Å². The Kier molecular flexibility index (Phi) is 15.2. The van der Waals surface area contributed by atoms with Gasteiger partial charge in [-0.2, -0.15) is 0 Å². The van der Waals surface area contributed by atoms with Gasteiger partial charge in [0.15, 0.2) is 14.7 Å². The molecule has 10 atom stereocenters. The Bertz CT molecular complexity index is 2740. The van der Waals surface area contributed by atoms with Gasteiger partial charge in [0, 0.05) is 6.42 Å². The molecule has 10 bridgehead atoms. The first kappa shape index (κ1) is 56.8. The molecule has 11 aliphatic rings. The minimum absolute atomic E-state index is 0.00576. The van der Waals surface area contributed by atoms with Crippen LogP contribution in [0.5, 0.6) is 5.75 Å². The molecule has 1 N–H and O–H groups in total. The summed E-state index contributed by atoms with van der Waals surface area (Å²) >= 11 is 0. The molecule has 0 radical (unpaired) electrons. The van der Waals surface area contributed by atoms with Gasteiger partial charge in [0.1, 0.15) is 17.5 Å². The van der Waals surface area contributed by atoms with E-state index < -0.39 is 80.3 Å². The van der Waals surface area contributed by atoms with Gasteiger partial charge in [0.2, 0.25) is 6.10 Å². The van der Waals surface area contributed by atoms with Crippen molar-refractivity contribution in [3.8, 4) is 5.75 Å². The Morgan fingerprint density at radius 2 is 1.23 bits per heavy atom. The third-order valence-corrected chi connectivity index (χ3v) is 24.9. The van der Waals surface area contributed by atoms with E-state index in [2.05, 4.69) is 45.0 Å². The molecule has 436 valence electrons. The summed E-state index contributed by atoms with van der Waals surface area (Å²) < 4.78 is 32.0. The van der Waals surface area contributed by atoms with Crippen LogP contribution in [0.1, 0.15) is 164 Å². The highest BCUT2D eigenvalue weighted by Crippen LogP contribution is 2.64. The van der Waals surface area contributed by atoms with Crippen molar-refractivity contribution in [2.75, 3.05) is 6.61 Å². The maximum atomic E-state index is 16.0. The summed E-state index contributed by atoms with van der Waals surface area (Å²) in [6.07, 6.45) is 11.7. The first-order chi connectivity index (χ1) is 38.6. The second kappa shape index (κ2) is 21.7. The molecule has 1 aliphatic heterocycles. The zero-order chi connectivity index (χ0) is 56.8. The molecule has 10 aliphatic carbocycles. The molecule has 14 rings (SSSR count). The topological polar surface area (TPSA) is 152 Å². The lowest BCUT2D eigenvalue weighted by Gasteiger charge is -2.62. The second-order valence-electron chi connectivity index (χ2n) is 29.3. The molecular weight excluding hydrogens is 1040 g/mol. The number of esters is 5. The van der Waals surface area contributed by atoms with Gasteiger partial charge in [-0.25, -0.2) is 4.79 Å². The van der Waals surface area contributed by atoms with Crippen molar-refractivity contribution in [2.24, 2.45) is 93.2 Å². The van der Waals surface area contributed by atoms with E-state index in [1.807, 2.05) is 67.6 Å². The van der Waals surface area contributed by atoms with Crippen LogP contribution in [-0.4, -0.2) is 65.0 Å². The molecule has 81 heavy (non-hydrogen) atoms. The highest BCUT2D eigenvalue weighted by molar-refractivity contribution is 7.97. The summed E-state index contributed by atoms with van der Waals surface area (Å²) in [6, 6.07) is 28.4. The molecule has 3 aromatic carbocycles. The van der Waals surface area contributed by atoms with Crippen molar-refractivity contribution >= 4 is 40.7 Å². The number of hydrogen-bond acceptors (Lipinski definition) is 11. The maximum Gasteiger partial charge on any atom is 0.347 e. The number of hydrogen-bond donors (Lipinski definition) is 1. The SMILES string of the molecule is CC1C2CCC(C2)C1CC(C)(CC(CC(C)(CC(C)(C)C(=O)Oc1ccc([S+](c2ccccc2)c2ccccc2)cc1)C(=O)OC1C2CC3CC1CC(O)(C3)C2)C(=O)OC1CCOC1=O)C(=O)OC1(C(C)C)C2CC3CC(C2)CC1C3. The van der Waals surface area contributed by atoms with Gasteiger partial charge in [-0.15, -0.1) is 0 Å². The average Bonchev–Trinajstić information content (AvgIpc) is 4.33. The Hall–Kier alpha value is -4.68. The van der Waals surface area contributed by atoms with Crippen molar-refractivity contribution in [2.45, 2.75) is 202 Å². The monoisotopic (exact) mass is 1130 g/mol. The lowest BCUT2D eigenvalue weighted by Crippen LogP contribution is -2.63. The minimum atomic E-state index is -1.51. The zero-order valence-electron chi connectivity index (χ0n) is 49.1. The van der Waals surface area contributed by atoms with Gasteiger partial charge >= 0.3 is 29.8 Å². The van der Waals surface area contributed by atoms with E-state index in [9.17, 15) is 14.7 Å². The van der Waals surface area contributed by atoms with Gasteiger partial charge < -0.3 is 28.8 Å². The van der Waals surface area contributed by atoms with Crippen LogP contribution in [0.15, 0.2) is 99.6 Å². The van der Waals surface area contributed by atoms with Crippen molar-refractivity contribution in [3.05, 3.63) is 84.9 Å². The lowest BCUT2D eigenvalue weighted by atomic mass is 9.47. The number of ether oxygens (including phenoxy) is 5. The van der Waals surface area contributed by atoms with Crippen molar-refractivity contribution in [1.29, 1.82) is 0 Å². The average molecular weight is 1130 g/mol. The molecule has 10 saturated carbocycles. The zero-order valence-corrected chi connectivity index (χ0v) is 49.9. The first-order valence-corrected chi connectivity index (χ1v) is 32.5. The predicted octanol–water partition coefficient (Wildman–Crippen LogP) is 13.3. The van der Waals surface area contributed by atoms with Crippen molar-refractivity contribution in [3.63, 3.8) is 0 Å². The molecule has 10 unspecified atom stereocenters. The fourth-order valence-electron chi connectivity index (χ4n) is 19.5. The summed E-state index contributed by atoms with van der Waals surface area (Å²) in [5.74, 6) is 0.703. The first-order valence-electron chi connectivity index (χ1n) is 31.3. The highest BCUT2D eigenvalue weighted by atomic mass is 32.2. The number of rotatable bonds is 20. The van der Waals surface area contributed by atoms with Crippen LogP contribution in [0.4, 0.5) is 0 Å². The molecule has 11 fully saturated rings. The summed E-state index contributed by atoms with van der Waals surface area (Å²) in [7, 11) is -0.413. The molecule has 11 nitrogen and oxygen atoms in total. The molecule has 0 spiro atoms. The van der Waals surface area contributed by atoms with E-state index in [1.165, 1.54) is 12.8 Å². The molecule has 1 saturated heterocycles. The second-order valence-corrected chi connectivity index (χ2v) is 31.3. The van der Waals surface area contributed by atoms with Gasteiger partial charge in [-0.05, 0) is 256 Å². The number of benzene rings is 3. The fraction of sp³-hybridized carbons (Fsp3) is 0.667. The van der Waals surface area contributed by atoms with E-state index in [4.69, 9.17) is 23.7 Å². The van der Waals surface area contributed by atoms with E-state index >= 15 is 14.4 Å². The van der Waals surface area contributed by atoms with Gasteiger partial charge in [-0.3, -0.25) is 19.2 Å². The Morgan fingerprint density at radius 1 is 0.654 bits per heavy atom. The van der Waals surface area contributed by atoms with Crippen molar-refractivity contribution in [1.82, 2.24) is 0 Å². The van der Waals surface area contributed by atoms with E-state index in [-0.39, 0.29) is 73.8 Å². The van der Waals surface area contributed by atoms with E-state index in [0.29, 0.717) is 60.5 Å². The third kappa shape index (κ3) is 10.8. The molecule has 12 heteroatoms. The smallest absolute Gasteiger partial charge is 0.347 e. The molecular formula is C69H89O11S+. The quantitative estimate of drug-likeness (QED) is 0.0498. The fourth-order valence-corrected chi connectivity index (χ4v) is 21.6. The normalized spacial score (nSPS) is 36.0. The van der Waals surface area contributed by atoms with Crippen LogP contribution in [0.25, 0.3) is 0 Å². The standard InChI is InChI=1S/C69H89O11S/c1-41(2)69(51-29-43-26-44(31-51)32-52(69)30-43)80-64(74)66(6,39-57-42(3)46-18-19-47(57)33-46)35-50(60(70)78-58-24-25-76-61(58)71)36-67(7,63(73)79-59-48-27-45-28-49(59)38-68(75,34-45)37-48)40-65(4,5)62(72)77-53-20-22-56(23-21-53)81(54-14-10-8-11-15-54)55-16-12-9-13-17-55/h8-17,20-23,41-52,57-59,75H,18-19,24-40H2,1-7H3/q+1. The van der Waals surface area contributed by atoms with Crippen LogP contribution in [0.2, 0.25) is 0 Å². The summed E-state index contributed by atoms with van der Waals surface area (Å²) in [5.41, 5.74) is -5.37. The highest BCUT2D eigenvalue weighted by Gasteiger charge is 2.63. The number of carbonyl (C=O) groups is 5. The van der Waals surface area contributed by atoms with Crippen LogP contribution in [0.3, 0.4) is 0 Å². The van der Waals surface area contributed by atoms with Gasteiger partial charge in [-0.1, -0.05) is 57.2 Å². The molecule has 0 amide bonds. The van der Waals surface area contributed by atoms with Crippen LogP contribution in [-0.2, 0) is 53.8 Å². The lowest BCUT2D eigenvalue weighted by molar-refractivity contribution is -0.234. The number of cyclic esters (lactones) is 1. The Morgan fingerprint density at radius 3 is 1.78 bits per heavy atom. The number of fused-ring (bicyclic) bond motifs is 2. The van der Waals surface area contributed by atoms with Crippen LogP contribution >= 0.6 is 0 Å². The molecule has 0 aromatic heterocycles. The van der Waals surface area contributed by atoms with Crippen LogP contribution < -0.4 is 4.74 Å². The summed E-state index contributed by atoms with van der Waals surface area (Å²) in [6.45, 7) is 14.3. The molecule has 1 heterocycles. The third-order valence-electron chi connectivity index (χ3n) is 22.7. The van der Waals surface area contributed by atoms with Crippen molar-refractivity contribution < 1.29 is 52.8 Å². The van der Waals surface area contributed by atoms with Crippen LogP contribution in [0, 0.1) is 93.2 Å². The van der Waals surface area contributed by atoms with E-state index in [0.717, 1.165) is 72.5 Å². The summed E-state index contributed by atoms with van der Waals surface area (Å²) in [5, 5.41) is 11.6. The summed E-state index contributed by atoms with van der Waals surface area (Å²) in [4.78, 5) is 78.6. The maximum absolute atomic E-state index is 16.0. The minimum Gasteiger partial charge on any atom is -0.463 e. The molecule has 3 aromatic rings. The Labute approximate surface area is 483 Å². The van der Waals surface area contributed by atoms with E-state index in [1.54, 1.807) is 20.8 Å². The largest absolute Gasteiger partial charge is 0.463 e. The number of carbonyl (C=O) groups excluding carboxylic acids is 5. The van der Waals surface area contributed by atoms with Gasteiger partial charge in [0.05, 0.1) is 45.3 Å². The number of aliphatic hydroxyl groups is 1. The Balaban J connectivity index is 0.874.